The highest BCUT2D eigenvalue weighted by Gasteiger charge is 2.29. The van der Waals surface area contributed by atoms with E-state index in [1.165, 1.54) is 60.9 Å². The predicted octanol–water partition coefficient (Wildman–Crippen LogP) is 6.26. The number of para-hydroxylation sites is 2. The summed E-state index contributed by atoms with van der Waals surface area (Å²) in [7, 11) is 0. The molecule has 2 heterocycles. The van der Waals surface area contributed by atoms with Crippen LogP contribution in [0.3, 0.4) is 0 Å². The summed E-state index contributed by atoms with van der Waals surface area (Å²) in [4.78, 5) is 0. The largest absolute Gasteiger partial charge is 0.309 e. The van der Waals surface area contributed by atoms with E-state index in [1.54, 1.807) is 0 Å². The summed E-state index contributed by atoms with van der Waals surface area (Å²) in [5.41, 5.74) is 12.8. The molecule has 1 heteroatoms. The number of nitrogens with zero attached hydrogens (tertiary/aromatic N) is 1. The SMILES string of the molecule is c1ccc2c(c1)Cc1cc3c4c(c1-2)c1ccccc1n4-c1ccccc1C3. The third-order valence-electron chi connectivity index (χ3n) is 6.38. The summed E-state index contributed by atoms with van der Waals surface area (Å²) in [6, 6.07) is 29.2. The lowest BCUT2D eigenvalue weighted by molar-refractivity contribution is 1.04. The molecule has 0 N–H and O–H groups in total. The first-order chi connectivity index (χ1) is 13.4. The van der Waals surface area contributed by atoms with Crippen molar-refractivity contribution in [1.82, 2.24) is 4.57 Å². The van der Waals surface area contributed by atoms with Crippen molar-refractivity contribution in [2.75, 3.05) is 0 Å². The highest BCUT2D eigenvalue weighted by molar-refractivity contribution is 6.18. The maximum atomic E-state index is 2.50. The van der Waals surface area contributed by atoms with Crippen LogP contribution in [0.15, 0.2) is 78.9 Å². The molecule has 0 saturated carbocycles. The van der Waals surface area contributed by atoms with Crippen molar-refractivity contribution in [1.29, 1.82) is 0 Å². The molecular weight excluding hydrogens is 326 g/mol. The van der Waals surface area contributed by atoms with Crippen LogP contribution in [-0.4, -0.2) is 4.57 Å². The Labute approximate surface area is 157 Å². The van der Waals surface area contributed by atoms with Crippen LogP contribution >= 0.6 is 0 Å². The van der Waals surface area contributed by atoms with E-state index in [-0.39, 0.29) is 0 Å². The Morgan fingerprint density at radius 2 is 1.37 bits per heavy atom. The van der Waals surface area contributed by atoms with Gasteiger partial charge in [0.15, 0.2) is 0 Å². The molecule has 0 atom stereocenters. The van der Waals surface area contributed by atoms with Crippen molar-refractivity contribution < 1.29 is 0 Å². The highest BCUT2D eigenvalue weighted by atomic mass is 15.0. The second-order valence-electron chi connectivity index (χ2n) is 7.79. The van der Waals surface area contributed by atoms with Gasteiger partial charge in [0.2, 0.25) is 0 Å². The molecule has 126 valence electrons. The van der Waals surface area contributed by atoms with Crippen molar-refractivity contribution in [3.8, 4) is 16.8 Å². The Kier molecular flexibility index (Phi) is 2.40. The summed E-state index contributed by atoms with van der Waals surface area (Å²) in [6.45, 7) is 0. The van der Waals surface area contributed by atoms with Crippen molar-refractivity contribution in [2.24, 2.45) is 0 Å². The fourth-order valence-corrected chi connectivity index (χ4v) is 5.35. The molecule has 27 heavy (non-hydrogen) atoms. The Bertz CT molecular complexity index is 1420. The van der Waals surface area contributed by atoms with Gasteiger partial charge in [-0.15, -0.1) is 0 Å². The summed E-state index contributed by atoms with van der Waals surface area (Å²) in [5, 5.41) is 2.82. The normalized spacial score (nSPS) is 13.6. The van der Waals surface area contributed by atoms with E-state index in [9.17, 15) is 0 Å². The average Bonchev–Trinajstić information content (AvgIpc) is 3.25. The molecule has 2 aliphatic rings. The van der Waals surface area contributed by atoms with Gasteiger partial charge in [-0.2, -0.15) is 0 Å². The van der Waals surface area contributed by atoms with E-state index in [0.29, 0.717) is 0 Å². The standard InChI is InChI=1S/C26H17N/c1-3-9-20-16(7-1)13-18-15-19-14-17-8-2-5-11-22(17)27-23-12-6-4-10-21(23)25(24(18)20)26(19)27/h1-12,15H,13-14H2. The minimum absolute atomic E-state index is 1.02. The zero-order valence-corrected chi connectivity index (χ0v) is 14.9. The maximum absolute atomic E-state index is 2.50. The molecule has 0 bridgehead atoms. The van der Waals surface area contributed by atoms with Crippen molar-refractivity contribution in [3.63, 3.8) is 0 Å². The number of rotatable bonds is 0. The van der Waals surface area contributed by atoms with Gasteiger partial charge in [-0.1, -0.05) is 66.7 Å². The van der Waals surface area contributed by atoms with Crippen molar-refractivity contribution in [2.45, 2.75) is 12.8 Å². The molecule has 1 aromatic heterocycles. The fourth-order valence-electron chi connectivity index (χ4n) is 5.35. The number of fused-ring (bicyclic) bond motifs is 9. The molecular formula is C26H17N. The number of hydrogen-bond donors (Lipinski definition) is 0. The molecule has 4 aromatic carbocycles. The van der Waals surface area contributed by atoms with E-state index in [4.69, 9.17) is 0 Å². The zero-order chi connectivity index (χ0) is 17.5. The summed E-state index contributed by atoms with van der Waals surface area (Å²) >= 11 is 0. The lowest BCUT2D eigenvalue weighted by atomic mass is 9.92. The van der Waals surface area contributed by atoms with E-state index >= 15 is 0 Å². The van der Waals surface area contributed by atoms with Crippen LogP contribution in [0.4, 0.5) is 0 Å². The number of benzene rings is 4. The van der Waals surface area contributed by atoms with E-state index < -0.39 is 0 Å². The van der Waals surface area contributed by atoms with Gasteiger partial charge in [0.05, 0.1) is 11.0 Å². The third-order valence-corrected chi connectivity index (χ3v) is 6.38. The van der Waals surface area contributed by atoms with Crippen LogP contribution in [0.2, 0.25) is 0 Å². The minimum Gasteiger partial charge on any atom is -0.309 e. The molecule has 0 spiro atoms. The Morgan fingerprint density at radius 1 is 0.630 bits per heavy atom. The Morgan fingerprint density at radius 3 is 2.33 bits per heavy atom. The van der Waals surface area contributed by atoms with Gasteiger partial charge >= 0.3 is 0 Å². The van der Waals surface area contributed by atoms with Crippen LogP contribution in [-0.2, 0) is 12.8 Å². The summed E-state index contributed by atoms with van der Waals surface area (Å²) in [5.74, 6) is 0. The second-order valence-corrected chi connectivity index (χ2v) is 7.79. The first-order valence-corrected chi connectivity index (χ1v) is 9.64. The smallest absolute Gasteiger partial charge is 0.0583 e. The molecule has 5 aromatic rings. The molecule has 0 amide bonds. The lowest BCUT2D eigenvalue weighted by Crippen LogP contribution is -2.08. The van der Waals surface area contributed by atoms with E-state index in [0.717, 1.165) is 12.8 Å². The minimum atomic E-state index is 1.02. The molecule has 0 radical (unpaired) electrons. The first kappa shape index (κ1) is 13.8. The Hall–Kier alpha value is -3.32. The quantitative estimate of drug-likeness (QED) is 0.306. The Balaban J connectivity index is 1.76. The number of hydrogen-bond acceptors (Lipinski definition) is 0. The fraction of sp³-hybridized carbons (Fsp3) is 0.0769. The summed E-state index contributed by atoms with van der Waals surface area (Å²) < 4.78 is 2.50. The monoisotopic (exact) mass is 343 g/mol. The van der Waals surface area contributed by atoms with Crippen LogP contribution in [0.25, 0.3) is 38.6 Å². The predicted molar refractivity (Wildman–Crippen MR) is 112 cm³/mol. The van der Waals surface area contributed by atoms with Gasteiger partial charge < -0.3 is 4.57 Å². The molecule has 1 nitrogen and oxygen atoms in total. The lowest BCUT2D eigenvalue weighted by Gasteiger charge is -2.21. The van der Waals surface area contributed by atoms with Gasteiger partial charge in [0, 0.05) is 22.9 Å². The topological polar surface area (TPSA) is 4.93 Å². The molecule has 7 rings (SSSR count). The molecule has 0 saturated heterocycles. The van der Waals surface area contributed by atoms with Gasteiger partial charge in [0.25, 0.3) is 0 Å². The summed E-state index contributed by atoms with van der Waals surface area (Å²) in [6.07, 6.45) is 2.07. The van der Waals surface area contributed by atoms with E-state index in [1.807, 2.05) is 0 Å². The van der Waals surface area contributed by atoms with Crippen LogP contribution in [0, 0.1) is 0 Å². The van der Waals surface area contributed by atoms with Crippen molar-refractivity contribution >= 4 is 21.8 Å². The second kappa shape index (κ2) is 4.69. The van der Waals surface area contributed by atoms with Gasteiger partial charge in [0.1, 0.15) is 0 Å². The molecule has 0 fully saturated rings. The zero-order valence-electron chi connectivity index (χ0n) is 14.9. The van der Waals surface area contributed by atoms with Gasteiger partial charge in [-0.25, -0.2) is 0 Å². The van der Waals surface area contributed by atoms with Crippen LogP contribution < -0.4 is 0 Å². The van der Waals surface area contributed by atoms with Gasteiger partial charge in [-0.3, -0.25) is 0 Å². The van der Waals surface area contributed by atoms with Crippen molar-refractivity contribution in [3.05, 3.63) is 101 Å². The number of aromatic nitrogens is 1. The van der Waals surface area contributed by atoms with Crippen LogP contribution in [0.1, 0.15) is 22.3 Å². The van der Waals surface area contributed by atoms with Gasteiger partial charge in [-0.05, 0) is 51.9 Å². The average molecular weight is 343 g/mol. The van der Waals surface area contributed by atoms with Crippen LogP contribution in [0.5, 0.6) is 0 Å². The first-order valence-electron chi connectivity index (χ1n) is 9.64. The highest BCUT2D eigenvalue weighted by Crippen LogP contribution is 2.48. The third kappa shape index (κ3) is 1.61. The molecule has 1 aliphatic heterocycles. The maximum Gasteiger partial charge on any atom is 0.0583 e. The molecule has 1 aliphatic carbocycles. The molecule has 0 unspecified atom stereocenters. The van der Waals surface area contributed by atoms with E-state index in [2.05, 4.69) is 83.4 Å².